The van der Waals surface area contributed by atoms with Gasteiger partial charge < -0.3 is 14.6 Å². The molecule has 0 heterocycles. The van der Waals surface area contributed by atoms with E-state index in [4.69, 9.17) is 9.47 Å². The molecule has 6 heteroatoms. The van der Waals surface area contributed by atoms with Gasteiger partial charge in [-0.15, -0.1) is 0 Å². The van der Waals surface area contributed by atoms with E-state index in [0.29, 0.717) is 19.3 Å². The number of rotatable bonds is 7. The van der Waals surface area contributed by atoms with Crippen LogP contribution in [0.5, 0.6) is 0 Å². The second kappa shape index (κ2) is 9.65. The van der Waals surface area contributed by atoms with Crippen molar-refractivity contribution in [1.29, 1.82) is 0 Å². The normalized spacial score (nSPS) is 21.7. The molecule has 27 heavy (non-hydrogen) atoms. The molecule has 0 aromatic heterocycles. The fourth-order valence-corrected chi connectivity index (χ4v) is 3.40. The van der Waals surface area contributed by atoms with Crippen molar-refractivity contribution in [2.75, 3.05) is 0 Å². The number of hydrogen-bond donors (Lipinski definition) is 1. The first kappa shape index (κ1) is 21.1. The number of aliphatic hydroxyl groups is 1. The minimum absolute atomic E-state index is 0.141. The van der Waals surface area contributed by atoms with Crippen molar-refractivity contribution in [2.45, 2.75) is 64.6 Å². The number of carbonyl (C=O) groups excluding carboxylic acids is 3. The van der Waals surface area contributed by atoms with Gasteiger partial charge in [0.25, 0.3) is 0 Å². The largest absolute Gasteiger partial charge is 0.461 e. The fraction of sp³-hybridized carbons (Fsp3) is 0.571. The predicted octanol–water partition coefficient (Wildman–Crippen LogP) is 3.16. The third-order valence-electron chi connectivity index (χ3n) is 4.97. The Hall–Kier alpha value is -2.21. The molecule has 1 fully saturated rings. The van der Waals surface area contributed by atoms with Gasteiger partial charge in [0.05, 0.1) is 11.8 Å². The maximum Gasteiger partial charge on any atom is 0.345 e. The third kappa shape index (κ3) is 5.89. The summed E-state index contributed by atoms with van der Waals surface area (Å²) in [6.07, 6.45) is 3.36. The van der Waals surface area contributed by atoms with Crippen LogP contribution >= 0.6 is 0 Å². The lowest BCUT2D eigenvalue weighted by Gasteiger charge is -2.29. The van der Waals surface area contributed by atoms with Crippen molar-refractivity contribution >= 4 is 17.9 Å². The van der Waals surface area contributed by atoms with Crippen molar-refractivity contribution in [2.24, 2.45) is 11.8 Å². The van der Waals surface area contributed by atoms with E-state index in [-0.39, 0.29) is 13.0 Å². The topological polar surface area (TPSA) is 89.9 Å². The zero-order valence-electron chi connectivity index (χ0n) is 16.0. The maximum absolute atomic E-state index is 12.5. The van der Waals surface area contributed by atoms with Crippen molar-refractivity contribution in [3.8, 4) is 0 Å². The Morgan fingerprint density at radius 2 is 1.67 bits per heavy atom. The summed E-state index contributed by atoms with van der Waals surface area (Å²) >= 11 is 0. The SMILES string of the molecule is CCCC(C)(O)C(=O)OC(=O)C1CCCCC1C(=O)OCc1ccccc1. The lowest BCUT2D eigenvalue weighted by molar-refractivity contribution is -0.179. The van der Waals surface area contributed by atoms with E-state index >= 15 is 0 Å². The molecule has 3 unspecified atom stereocenters. The minimum atomic E-state index is -1.71. The molecule has 0 radical (unpaired) electrons. The fourth-order valence-electron chi connectivity index (χ4n) is 3.40. The molecule has 1 N–H and O–H groups in total. The Morgan fingerprint density at radius 1 is 1.07 bits per heavy atom. The first-order chi connectivity index (χ1) is 12.8. The molecule has 0 aliphatic heterocycles. The zero-order chi connectivity index (χ0) is 19.9. The highest BCUT2D eigenvalue weighted by Crippen LogP contribution is 2.32. The predicted molar refractivity (Wildman–Crippen MR) is 98.3 cm³/mol. The van der Waals surface area contributed by atoms with Crippen LogP contribution < -0.4 is 0 Å². The van der Waals surface area contributed by atoms with E-state index in [1.807, 2.05) is 37.3 Å². The van der Waals surface area contributed by atoms with Crippen molar-refractivity contribution in [3.05, 3.63) is 35.9 Å². The molecule has 0 saturated heterocycles. The highest BCUT2D eigenvalue weighted by atomic mass is 16.6. The summed E-state index contributed by atoms with van der Waals surface area (Å²) < 4.78 is 10.3. The van der Waals surface area contributed by atoms with Crippen molar-refractivity contribution in [3.63, 3.8) is 0 Å². The van der Waals surface area contributed by atoms with Crippen LogP contribution in [0.1, 0.15) is 57.9 Å². The van der Waals surface area contributed by atoms with Gasteiger partial charge in [0.1, 0.15) is 6.61 Å². The summed E-state index contributed by atoms with van der Waals surface area (Å²) in [5.74, 6) is -3.51. The molecule has 0 bridgehead atoms. The molecule has 0 spiro atoms. The zero-order valence-corrected chi connectivity index (χ0v) is 16.0. The van der Waals surface area contributed by atoms with Gasteiger partial charge in [-0.1, -0.05) is 56.5 Å². The van der Waals surface area contributed by atoms with Crippen molar-refractivity contribution in [1.82, 2.24) is 0 Å². The first-order valence-electron chi connectivity index (χ1n) is 9.54. The van der Waals surface area contributed by atoms with Crippen LogP contribution in [-0.2, 0) is 30.5 Å². The van der Waals surface area contributed by atoms with E-state index in [1.165, 1.54) is 6.92 Å². The Balaban J connectivity index is 1.97. The van der Waals surface area contributed by atoms with E-state index < -0.39 is 35.3 Å². The summed E-state index contributed by atoms with van der Waals surface area (Å²) in [4.78, 5) is 37.1. The highest BCUT2D eigenvalue weighted by molar-refractivity contribution is 5.92. The Bertz CT molecular complexity index is 652. The number of hydrogen-bond acceptors (Lipinski definition) is 6. The highest BCUT2D eigenvalue weighted by Gasteiger charge is 2.41. The lowest BCUT2D eigenvalue weighted by Crippen LogP contribution is -2.41. The van der Waals surface area contributed by atoms with Gasteiger partial charge in [0.2, 0.25) is 0 Å². The molecule has 1 aliphatic carbocycles. The van der Waals surface area contributed by atoms with Crippen LogP contribution in [0.25, 0.3) is 0 Å². The first-order valence-corrected chi connectivity index (χ1v) is 9.54. The van der Waals surface area contributed by atoms with Gasteiger partial charge in [-0.2, -0.15) is 0 Å². The Morgan fingerprint density at radius 3 is 2.26 bits per heavy atom. The molecule has 1 saturated carbocycles. The second-order valence-corrected chi connectivity index (χ2v) is 7.32. The lowest BCUT2D eigenvalue weighted by atomic mass is 9.79. The van der Waals surface area contributed by atoms with Gasteiger partial charge in [0.15, 0.2) is 5.60 Å². The van der Waals surface area contributed by atoms with Crippen LogP contribution in [0, 0.1) is 11.8 Å². The van der Waals surface area contributed by atoms with Gasteiger partial charge in [0, 0.05) is 0 Å². The van der Waals surface area contributed by atoms with Crippen LogP contribution in [-0.4, -0.2) is 28.6 Å². The summed E-state index contributed by atoms with van der Waals surface area (Å²) in [7, 11) is 0. The van der Waals surface area contributed by atoms with Gasteiger partial charge in [-0.25, -0.2) is 4.79 Å². The molecule has 1 aliphatic rings. The summed E-state index contributed by atoms with van der Waals surface area (Å²) in [6, 6.07) is 9.31. The quantitative estimate of drug-likeness (QED) is 0.581. The van der Waals surface area contributed by atoms with Crippen LogP contribution in [0.4, 0.5) is 0 Å². The molecule has 3 atom stereocenters. The van der Waals surface area contributed by atoms with E-state index in [2.05, 4.69) is 0 Å². The molecule has 1 aromatic carbocycles. The summed E-state index contributed by atoms with van der Waals surface area (Å²) in [5.41, 5.74) is -0.839. The number of carbonyl (C=O) groups is 3. The average Bonchev–Trinajstić information content (AvgIpc) is 2.66. The molecular formula is C21H28O6. The molecule has 148 valence electrons. The Kier molecular flexibility index (Phi) is 7.54. The molecule has 2 rings (SSSR count). The number of esters is 3. The summed E-state index contributed by atoms with van der Waals surface area (Å²) in [5, 5.41) is 10.1. The molecular weight excluding hydrogens is 348 g/mol. The monoisotopic (exact) mass is 376 g/mol. The third-order valence-corrected chi connectivity index (χ3v) is 4.97. The maximum atomic E-state index is 12.5. The Labute approximate surface area is 159 Å². The van der Waals surface area contributed by atoms with Crippen molar-refractivity contribution < 1.29 is 29.0 Å². The van der Waals surface area contributed by atoms with Crippen LogP contribution in [0.3, 0.4) is 0 Å². The van der Waals surface area contributed by atoms with Crippen LogP contribution in [0.2, 0.25) is 0 Å². The molecule has 1 aromatic rings. The smallest absolute Gasteiger partial charge is 0.345 e. The minimum Gasteiger partial charge on any atom is -0.461 e. The summed E-state index contributed by atoms with van der Waals surface area (Å²) in [6.45, 7) is 3.30. The standard InChI is InChI=1S/C21H28O6/c1-3-13-21(2,25)20(24)27-19(23)17-12-8-7-11-16(17)18(22)26-14-15-9-5-4-6-10-15/h4-6,9-10,16-17,25H,3,7-8,11-14H2,1-2H3. The van der Waals surface area contributed by atoms with E-state index in [9.17, 15) is 19.5 Å². The second-order valence-electron chi connectivity index (χ2n) is 7.32. The van der Waals surface area contributed by atoms with Gasteiger partial charge in [-0.3, -0.25) is 9.59 Å². The van der Waals surface area contributed by atoms with E-state index in [0.717, 1.165) is 18.4 Å². The van der Waals surface area contributed by atoms with E-state index in [1.54, 1.807) is 0 Å². The molecule has 6 nitrogen and oxygen atoms in total. The van der Waals surface area contributed by atoms with Crippen LogP contribution in [0.15, 0.2) is 30.3 Å². The number of ether oxygens (including phenoxy) is 2. The van der Waals surface area contributed by atoms with Gasteiger partial charge in [-0.05, 0) is 31.7 Å². The molecule has 0 amide bonds. The van der Waals surface area contributed by atoms with Gasteiger partial charge >= 0.3 is 17.9 Å². The number of benzene rings is 1. The average molecular weight is 376 g/mol.